The van der Waals surface area contributed by atoms with Gasteiger partial charge < -0.3 is 10.5 Å². The highest BCUT2D eigenvalue weighted by atomic mass is 32.2. The lowest BCUT2D eigenvalue weighted by atomic mass is 10.3. The van der Waals surface area contributed by atoms with Crippen molar-refractivity contribution in [1.29, 1.82) is 0 Å². The first-order valence-electron chi connectivity index (χ1n) is 6.61. The number of sulfonamides is 1. The molecule has 8 heteroatoms. The molecule has 2 rings (SSSR count). The van der Waals surface area contributed by atoms with E-state index >= 15 is 0 Å². The van der Waals surface area contributed by atoms with Crippen LogP contribution in [0, 0.1) is 5.82 Å². The molecule has 0 radical (unpaired) electrons. The van der Waals surface area contributed by atoms with E-state index in [1.807, 2.05) is 0 Å². The van der Waals surface area contributed by atoms with E-state index in [-0.39, 0.29) is 29.8 Å². The Hall–Kier alpha value is -0.830. The third-order valence-electron chi connectivity index (χ3n) is 3.43. The zero-order chi connectivity index (χ0) is 15.5. The minimum Gasteiger partial charge on any atom is -0.395 e. The molecule has 0 bridgehead atoms. The SMILES string of the molecule is COCCN(C1CCSC1)S(=O)(=O)c1cccc(F)c1N. The molecule has 2 N–H and O–H groups in total. The van der Waals surface area contributed by atoms with Crippen LogP contribution in [0.3, 0.4) is 0 Å². The Labute approximate surface area is 128 Å². The lowest BCUT2D eigenvalue weighted by molar-refractivity contribution is 0.169. The summed E-state index contributed by atoms with van der Waals surface area (Å²) < 4.78 is 45.6. The van der Waals surface area contributed by atoms with Gasteiger partial charge in [-0.25, -0.2) is 12.8 Å². The molecule has 1 saturated heterocycles. The molecule has 1 atom stereocenters. The molecule has 0 amide bonds. The summed E-state index contributed by atoms with van der Waals surface area (Å²) >= 11 is 1.71. The van der Waals surface area contributed by atoms with Gasteiger partial charge in [0.15, 0.2) is 0 Å². The molecule has 1 aliphatic heterocycles. The van der Waals surface area contributed by atoms with Crippen LogP contribution in [-0.2, 0) is 14.8 Å². The summed E-state index contributed by atoms with van der Waals surface area (Å²) in [6.07, 6.45) is 0.781. The second kappa shape index (κ2) is 6.95. The van der Waals surface area contributed by atoms with Gasteiger partial charge in [0.25, 0.3) is 0 Å². The molecule has 0 spiro atoms. The minimum absolute atomic E-state index is 0.0992. The van der Waals surface area contributed by atoms with Crippen molar-refractivity contribution in [3.63, 3.8) is 0 Å². The van der Waals surface area contributed by atoms with Gasteiger partial charge in [-0.15, -0.1) is 0 Å². The Morgan fingerprint density at radius 2 is 2.29 bits per heavy atom. The zero-order valence-corrected chi connectivity index (χ0v) is 13.4. The van der Waals surface area contributed by atoms with Crippen molar-refractivity contribution in [1.82, 2.24) is 4.31 Å². The fourth-order valence-corrected chi connectivity index (χ4v) is 5.38. The van der Waals surface area contributed by atoms with Crippen LogP contribution in [0.4, 0.5) is 10.1 Å². The third-order valence-corrected chi connectivity index (χ3v) is 6.58. The molecule has 1 fully saturated rings. The van der Waals surface area contributed by atoms with Gasteiger partial charge in [0.2, 0.25) is 10.0 Å². The van der Waals surface area contributed by atoms with E-state index in [4.69, 9.17) is 10.5 Å². The number of methoxy groups -OCH3 is 1. The number of ether oxygens (including phenoxy) is 1. The number of nitrogen functional groups attached to an aromatic ring is 1. The van der Waals surface area contributed by atoms with Crippen LogP contribution in [0.5, 0.6) is 0 Å². The van der Waals surface area contributed by atoms with Gasteiger partial charge >= 0.3 is 0 Å². The van der Waals surface area contributed by atoms with Gasteiger partial charge in [0.1, 0.15) is 10.7 Å². The molecule has 1 aliphatic rings. The van der Waals surface area contributed by atoms with Crippen LogP contribution in [-0.4, -0.2) is 50.5 Å². The summed E-state index contributed by atoms with van der Waals surface area (Å²) in [4.78, 5) is -0.171. The molecular formula is C13H19FN2O3S2. The maximum absolute atomic E-state index is 13.6. The highest BCUT2D eigenvalue weighted by Crippen LogP contribution is 2.30. The number of halogens is 1. The second-order valence-electron chi connectivity index (χ2n) is 4.78. The van der Waals surface area contributed by atoms with E-state index in [0.717, 1.165) is 24.0 Å². The summed E-state index contributed by atoms with van der Waals surface area (Å²) in [5, 5.41) is 0. The quantitative estimate of drug-likeness (QED) is 0.799. The van der Waals surface area contributed by atoms with Crippen molar-refractivity contribution in [2.45, 2.75) is 17.4 Å². The van der Waals surface area contributed by atoms with E-state index < -0.39 is 15.8 Å². The van der Waals surface area contributed by atoms with Crippen molar-refractivity contribution < 1.29 is 17.5 Å². The van der Waals surface area contributed by atoms with Crippen LogP contribution in [0.15, 0.2) is 23.1 Å². The normalized spacial score (nSPS) is 19.3. The molecule has 5 nitrogen and oxygen atoms in total. The Kier molecular flexibility index (Phi) is 5.48. The van der Waals surface area contributed by atoms with Crippen molar-refractivity contribution in [3.8, 4) is 0 Å². The van der Waals surface area contributed by atoms with Crippen LogP contribution in [0.2, 0.25) is 0 Å². The molecule has 0 aliphatic carbocycles. The van der Waals surface area contributed by atoms with Gasteiger partial charge in [0.05, 0.1) is 12.3 Å². The van der Waals surface area contributed by atoms with Gasteiger partial charge in [-0.05, 0) is 24.3 Å². The van der Waals surface area contributed by atoms with E-state index in [2.05, 4.69) is 0 Å². The van der Waals surface area contributed by atoms with Gasteiger partial charge in [-0.3, -0.25) is 0 Å². The maximum Gasteiger partial charge on any atom is 0.245 e. The van der Waals surface area contributed by atoms with Crippen LogP contribution >= 0.6 is 11.8 Å². The molecule has 1 heterocycles. The Morgan fingerprint density at radius 1 is 1.52 bits per heavy atom. The Bertz CT molecular complexity index is 589. The lowest BCUT2D eigenvalue weighted by Crippen LogP contribution is -2.42. The predicted octanol–water partition coefficient (Wildman–Crippen LogP) is 1.55. The zero-order valence-electron chi connectivity index (χ0n) is 11.8. The molecule has 21 heavy (non-hydrogen) atoms. The first-order valence-corrected chi connectivity index (χ1v) is 9.20. The topological polar surface area (TPSA) is 72.6 Å². The van der Waals surface area contributed by atoms with Crippen molar-refractivity contribution in [2.24, 2.45) is 0 Å². The fraction of sp³-hybridized carbons (Fsp3) is 0.538. The van der Waals surface area contributed by atoms with Gasteiger partial charge in [-0.1, -0.05) is 6.07 Å². The van der Waals surface area contributed by atoms with Crippen molar-refractivity contribution >= 4 is 27.5 Å². The standard InChI is InChI=1S/C13H19FN2O3S2/c1-19-7-6-16(10-5-8-20-9-10)21(17,18)12-4-2-3-11(14)13(12)15/h2-4,10H,5-9,15H2,1H3. The smallest absolute Gasteiger partial charge is 0.245 e. The van der Waals surface area contributed by atoms with E-state index in [0.29, 0.717) is 0 Å². The van der Waals surface area contributed by atoms with Crippen LogP contribution in [0.1, 0.15) is 6.42 Å². The monoisotopic (exact) mass is 334 g/mol. The van der Waals surface area contributed by atoms with E-state index in [1.54, 1.807) is 11.8 Å². The molecule has 118 valence electrons. The average Bonchev–Trinajstić information content (AvgIpc) is 2.95. The molecular weight excluding hydrogens is 315 g/mol. The number of nitrogens with two attached hydrogens (primary N) is 1. The summed E-state index contributed by atoms with van der Waals surface area (Å²) in [6, 6.07) is 3.75. The first-order chi connectivity index (χ1) is 9.98. The summed E-state index contributed by atoms with van der Waals surface area (Å²) in [7, 11) is -2.32. The minimum atomic E-state index is -3.83. The lowest BCUT2D eigenvalue weighted by Gasteiger charge is -2.27. The predicted molar refractivity (Wildman–Crippen MR) is 82.3 cm³/mol. The van der Waals surface area contributed by atoms with Crippen LogP contribution in [0.25, 0.3) is 0 Å². The molecule has 1 unspecified atom stereocenters. The number of thioether (sulfide) groups is 1. The molecule has 0 aromatic heterocycles. The van der Waals surface area contributed by atoms with Gasteiger partial charge in [0, 0.05) is 25.4 Å². The number of anilines is 1. The summed E-state index contributed by atoms with van der Waals surface area (Å²) in [6.45, 7) is 0.523. The molecule has 0 saturated carbocycles. The molecule has 1 aromatic rings. The van der Waals surface area contributed by atoms with Crippen molar-refractivity contribution in [3.05, 3.63) is 24.0 Å². The Morgan fingerprint density at radius 3 is 2.90 bits per heavy atom. The number of para-hydroxylation sites is 1. The fourth-order valence-electron chi connectivity index (χ4n) is 2.30. The first kappa shape index (κ1) is 16.5. The average molecular weight is 334 g/mol. The highest BCUT2D eigenvalue weighted by molar-refractivity contribution is 7.99. The van der Waals surface area contributed by atoms with E-state index in [1.165, 1.54) is 23.5 Å². The maximum atomic E-state index is 13.6. The number of hydrogen-bond acceptors (Lipinski definition) is 5. The highest BCUT2D eigenvalue weighted by Gasteiger charge is 2.34. The van der Waals surface area contributed by atoms with Crippen LogP contribution < -0.4 is 5.73 Å². The number of hydrogen-bond donors (Lipinski definition) is 1. The summed E-state index contributed by atoms with van der Waals surface area (Å²) in [5.41, 5.74) is 5.29. The largest absolute Gasteiger partial charge is 0.395 e. The number of rotatable bonds is 6. The number of nitrogens with zero attached hydrogens (tertiary/aromatic N) is 1. The summed E-state index contributed by atoms with van der Waals surface area (Å²) in [5.74, 6) is 0.934. The molecule has 1 aromatic carbocycles. The van der Waals surface area contributed by atoms with E-state index in [9.17, 15) is 12.8 Å². The second-order valence-corrected chi connectivity index (χ2v) is 7.79. The Balaban J connectivity index is 2.38. The number of benzene rings is 1. The third kappa shape index (κ3) is 3.50. The van der Waals surface area contributed by atoms with Crippen molar-refractivity contribution in [2.75, 3.05) is 37.5 Å². The van der Waals surface area contributed by atoms with Gasteiger partial charge in [-0.2, -0.15) is 16.1 Å².